The Hall–Kier alpha value is -3.06. The van der Waals surface area contributed by atoms with E-state index >= 15 is 0 Å². The number of rotatable bonds is 23. The summed E-state index contributed by atoms with van der Waals surface area (Å²) < 4.78 is 0. The summed E-state index contributed by atoms with van der Waals surface area (Å²) in [5.74, 6) is 0.370. The van der Waals surface area contributed by atoms with E-state index in [9.17, 15) is 5.11 Å². The van der Waals surface area contributed by atoms with Gasteiger partial charge in [-0.05, 0) is 115 Å². The average molecular weight is 639 g/mol. The van der Waals surface area contributed by atoms with Gasteiger partial charge < -0.3 is 5.11 Å². The van der Waals surface area contributed by atoms with Gasteiger partial charge in [0.25, 0.3) is 0 Å². The molecule has 0 aliphatic heterocycles. The molecule has 0 spiro atoms. The summed E-state index contributed by atoms with van der Waals surface area (Å²) in [6, 6.07) is 7.74. The first kappa shape index (κ1) is 42.0. The summed E-state index contributed by atoms with van der Waals surface area (Å²) in [6.07, 6.45) is 45.9. The molecule has 0 aliphatic carbocycles. The van der Waals surface area contributed by atoms with Crippen LogP contribution in [0.5, 0.6) is 5.75 Å². The van der Waals surface area contributed by atoms with Crippen molar-refractivity contribution >= 4 is 0 Å². The quantitative estimate of drug-likeness (QED) is 0.0934. The van der Waals surface area contributed by atoms with Crippen LogP contribution in [0.4, 0.5) is 0 Å². The van der Waals surface area contributed by atoms with Gasteiger partial charge in [0, 0.05) is 11.0 Å². The molecule has 0 heterocycles. The molecule has 1 aromatic rings. The summed E-state index contributed by atoms with van der Waals surface area (Å²) in [4.78, 5) is 0. The number of hydrogen-bond donors (Lipinski definition) is 1. The van der Waals surface area contributed by atoms with Crippen LogP contribution in [0.3, 0.4) is 0 Å². The Balaban J connectivity index is 2.29. The van der Waals surface area contributed by atoms with Gasteiger partial charge in [-0.25, -0.2) is 0 Å². The molecule has 0 aromatic heterocycles. The fraction of sp³-hybridized carbons (Fsp3) is 0.522. The van der Waals surface area contributed by atoms with Crippen LogP contribution in [0.2, 0.25) is 0 Å². The number of aromatic hydroxyl groups is 1. The van der Waals surface area contributed by atoms with E-state index in [1.807, 2.05) is 18.2 Å². The van der Waals surface area contributed by atoms with Crippen LogP contribution < -0.4 is 0 Å². The second-order valence-electron chi connectivity index (χ2n) is 14.5. The molecule has 0 atom stereocenters. The molecule has 47 heavy (non-hydrogen) atoms. The lowest BCUT2D eigenvalue weighted by molar-refractivity contribution is 0.211. The molecule has 1 N–H and O–H groups in total. The molecule has 0 amide bonds. The summed E-state index contributed by atoms with van der Waals surface area (Å²) in [6.45, 7) is 20.4. The number of phenolic OH excluding ortho intramolecular Hbond substituents is 1. The lowest BCUT2D eigenvalue weighted by Crippen LogP contribution is -2.34. The van der Waals surface area contributed by atoms with Gasteiger partial charge >= 0.3 is 0 Å². The molecule has 1 heteroatoms. The number of allylic oxidation sites excluding steroid dienone is 16. The second kappa shape index (κ2) is 23.3. The molecule has 0 unspecified atom stereocenters. The van der Waals surface area contributed by atoms with Gasteiger partial charge in [0.15, 0.2) is 0 Å². The topological polar surface area (TPSA) is 20.2 Å². The summed E-state index contributed by atoms with van der Waals surface area (Å²) in [5, 5.41) is 10.5. The van der Waals surface area contributed by atoms with E-state index in [0.29, 0.717) is 5.75 Å². The van der Waals surface area contributed by atoms with Gasteiger partial charge in [0.1, 0.15) is 5.75 Å². The van der Waals surface area contributed by atoms with E-state index in [2.05, 4.69) is 147 Å². The molecule has 0 fully saturated rings. The zero-order chi connectivity index (χ0) is 35.0. The number of phenols is 1. The van der Waals surface area contributed by atoms with E-state index in [0.717, 1.165) is 82.6 Å². The van der Waals surface area contributed by atoms with Gasteiger partial charge in [0.05, 0.1) is 0 Å². The minimum atomic E-state index is -0.245. The van der Waals surface area contributed by atoms with Crippen molar-refractivity contribution < 1.29 is 5.11 Å². The van der Waals surface area contributed by atoms with E-state index < -0.39 is 0 Å². The first-order chi connectivity index (χ1) is 22.4. The van der Waals surface area contributed by atoms with Crippen molar-refractivity contribution in [2.45, 2.75) is 145 Å². The number of benzene rings is 1. The van der Waals surface area contributed by atoms with Crippen molar-refractivity contribution in [3.63, 3.8) is 0 Å². The summed E-state index contributed by atoms with van der Waals surface area (Å²) >= 11 is 0. The fourth-order valence-electron chi connectivity index (χ4n) is 5.71. The van der Waals surface area contributed by atoms with Gasteiger partial charge in [-0.1, -0.05) is 156 Å². The smallest absolute Gasteiger partial charge is 0.119 e. The maximum atomic E-state index is 10.5. The Morgan fingerprint density at radius 1 is 0.511 bits per heavy atom. The summed E-state index contributed by atoms with van der Waals surface area (Å²) in [5.41, 5.74) is 3.41. The predicted molar refractivity (Wildman–Crippen MR) is 212 cm³/mol. The second-order valence-corrected chi connectivity index (χ2v) is 14.5. The highest BCUT2D eigenvalue weighted by atomic mass is 16.3. The third-order valence-electron chi connectivity index (χ3n) is 10.2. The fourth-order valence-corrected chi connectivity index (χ4v) is 5.71. The van der Waals surface area contributed by atoms with Crippen molar-refractivity contribution in [2.24, 2.45) is 10.8 Å². The third kappa shape index (κ3) is 16.1. The van der Waals surface area contributed by atoms with Crippen molar-refractivity contribution in [1.82, 2.24) is 0 Å². The lowest BCUT2D eigenvalue weighted by Gasteiger charge is -2.44. The van der Waals surface area contributed by atoms with E-state index in [4.69, 9.17) is 0 Å². The number of para-hydroxylation sites is 1. The zero-order valence-corrected chi connectivity index (χ0v) is 31.8. The number of hydrogen-bond acceptors (Lipinski definition) is 1. The van der Waals surface area contributed by atoms with Gasteiger partial charge in [-0.2, -0.15) is 0 Å². The van der Waals surface area contributed by atoms with Crippen LogP contribution in [-0.2, 0) is 5.41 Å². The molecule has 260 valence electrons. The molecule has 1 aromatic carbocycles. The van der Waals surface area contributed by atoms with Crippen LogP contribution >= 0.6 is 0 Å². The SMILES string of the molecule is CC=CCCC=CCCC=CCCC=CCCC=CCCC=CCCC=CC(C)(C)C(C)(C)C(C)=C(C)C(C)(C)c1ccccc1O. The minimum absolute atomic E-state index is 0.00283. The predicted octanol–water partition coefficient (Wildman–Crippen LogP) is 14.7. The molecular formula is C46H70O. The van der Waals surface area contributed by atoms with Crippen LogP contribution in [0, 0.1) is 10.8 Å². The van der Waals surface area contributed by atoms with E-state index in [1.54, 1.807) is 6.07 Å². The van der Waals surface area contributed by atoms with Crippen LogP contribution in [0.1, 0.15) is 145 Å². The Bertz CT molecular complexity index is 1240. The van der Waals surface area contributed by atoms with Gasteiger partial charge in [0.2, 0.25) is 0 Å². The highest BCUT2D eigenvalue weighted by Crippen LogP contribution is 2.49. The van der Waals surface area contributed by atoms with Crippen LogP contribution in [0.15, 0.2) is 120 Å². The molecular weight excluding hydrogens is 569 g/mol. The first-order valence-electron chi connectivity index (χ1n) is 18.4. The van der Waals surface area contributed by atoms with Crippen LogP contribution in [-0.4, -0.2) is 5.11 Å². The maximum Gasteiger partial charge on any atom is 0.119 e. The molecule has 0 radical (unpaired) electrons. The monoisotopic (exact) mass is 639 g/mol. The largest absolute Gasteiger partial charge is 0.508 e. The molecule has 1 nitrogen and oxygen atoms in total. The molecule has 0 bridgehead atoms. The van der Waals surface area contributed by atoms with Crippen molar-refractivity contribution in [3.05, 3.63) is 126 Å². The van der Waals surface area contributed by atoms with Gasteiger partial charge in [-0.15, -0.1) is 0 Å². The molecule has 0 saturated carbocycles. The highest BCUT2D eigenvalue weighted by molar-refractivity contribution is 5.45. The standard InChI is InChI=1S/C46H70O/c1-10-11-12-13-14-15-16-17-18-19-20-21-22-23-24-25-26-27-28-29-30-31-32-33-36-39-44(4,5)46(8,9)41(3)40(2)45(6,7)42-37-34-35-38-43(42)47/h10-11,14-15,18-19,22-23,26-27,30-31,34-39,47H,12-13,16-17,20-21,24-25,28-29,32-33H2,1-9H3. The van der Waals surface area contributed by atoms with Crippen LogP contribution in [0.25, 0.3) is 0 Å². The minimum Gasteiger partial charge on any atom is -0.508 e. The average Bonchev–Trinajstić information content (AvgIpc) is 3.04. The normalized spacial score (nSPS) is 14.5. The Labute approximate surface area is 291 Å². The zero-order valence-electron chi connectivity index (χ0n) is 31.8. The van der Waals surface area contributed by atoms with Crippen molar-refractivity contribution in [3.8, 4) is 5.75 Å². The number of unbranched alkanes of at least 4 members (excludes halogenated alkanes) is 6. The first-order valence-corrected chi connectivity index (χ1v) is 18.4. The Kier molecular flexibility index (Phi) is 20.8. The molecule has 0 saturated heterocycles. The van der Waals surface area contributed by atoms with E-state index in [-0.39, 0.29) is 16.2 Å². The highest BCUT2D eigenvalue weighted by Gasteiger charge is 2.39. The molecule has 1 rings (SSSR count). The van der Waals surface area contributed by atoms with Crippen molar-refractivity contribution in [2.75, 3.05) is 0 Å². The lowest BCUT2D eigenvalue weighted by atomic mass is 9.61. The van der Waals surface area contributed by atoms with E-state index in [1.165, 1.54) is 11.1 Å². The maximum absolute atomic E-state index is 10.5. The Morgan fingerprint density at radius 2 is 0.851 bits per heavy atom. The van der Waals surface area contributed by atoms with Crippen molar-refractivity contribution in [1.29, 1.82) is 0 Å². The third-order valence-corrected chi connectivity index (χ3v) is 10.2. The van der Waals surface area contributed by atoms with Gasteiger partial charge in [-0.3, -0.25) is 0 Å². The molecule has 0 aliphatic rings. The summed E-state index contributed by atoms with van der Waals surface area (Å²) in [7, 11) is 0. The Morgan fingerprint density at radius 3 is 1.21 bits per heavy atom.